The zero-order valence-corrected chi connectivity index (χ0v) is 46.1. The van der Waals surface area contributed by atoms with E-state index in [4.69, 9.17) is 5.11 Å². The molecule has 11 aromatic rings. The summed E-state index contributed by atoms with van der Waals surface area (Å²) in [6.07, 6.45) is 0. The van der Waals surface area contributed by atoms with Gasteiger partial charge >= 0.3 is 5.91 Å². The summed E-state index contributed by atoms with van der Waals surface area (Å²) in [7, 11) is 0. The van der Waals surface area contributed by atoms with Gasteiger partial charge in [0.05, 0.1) is 22.6 Å². The number of para-hydroxylation sites is 7. The summed E-state index contributed by atoms with van der Waals surface area (Å²) < 4.78 is 0. The molecule has 5 N–H and O–H groups in total. The van der Waals surface area contributed by atoms with E-state index in [-0.39, 0.29) is 54.5 Å². The van der Waals surface area contributed by atoms with Crippen molar-refractivity contribution in [2.24, 2.45) is 0 Å². The normalized spacial score (nSPS) is 13.6. The third kappa shape index (κ3) is 10.9. The maximum Gasteiger partial charge on any atom is 0.304 e. The summed E-state index contributed by atoms with van der Waals surface area (Å²) in [5.41, 5.74) is 7.32. The van der Waals surface area contributed by atoms with E-state index in [1.165, 1.54) is 4.90 Å². The number of hydrogen-bond donors (Lipinski definition) is 5. The molecule has 3 aliphatic heterocycles. The van der Waals surface area contributed by atoms with Gasteiger partial charge in [-0.25, -0.2) is 0 Å². The molecule has 0 aliphatic carbocycles. The van der Waals surface area contributed by atoms with Crippen LogP contribution in [0.3, 0.4) is 0 Å². The van der Waals surface area contributed by atoms with Gasteiger partial charge in [0, 0.05) is 28.2 Å². The van der Waals surface area contributed by atoms with E-state index in [0.717, 1.165) is 56.3 Å². The highest BCUT2D eigenvalue weighted by Gasteiger charge is 2.55. The Bertz CT molecular complexity index is 4060. The molecule has 2 amide bonds. The van der Waals surface area contributed by atoms with Crippen molar-refractivity contribution in [3.05, 3.63) is 330 Å². The number of phenols is 5. The molecule has 12 nitrogen and oxygen atoms in total. The molecule has 3 heterocycles. The molecule has 86 heavy (non-hydrogen) atoms. The van der Waals surface area contributed by atoms with Crippen LogP contribution in [0.2, 0.25) is 0 Å². The van der Waals surface area contributed by atoms with Gasteiger partial charge in [0.25, 0.3) is 11.7 Å². The maximum atomic E-state index is 14.3. The molecule has 0 aromatic heterocycles. The number of amides is 2. The lowest BCUT2D eigenvalue weighted by Crippen LogP contribution is -2.46. The first kappa shape index (κ1) is 59.4. The Morgan fingerprint density at radius 2 is 0.640 bits per heavy atom. The number of fused-ring (bicyclic) bond motifs is 3. The smallest absolute Gasteiger partial charge is 0.304 e. The fourth-order valence-corrected chi connectivity index (χ4v) is 11.1. The third-order valence-electron chi connectivity index (χ3n) is 14.9. The number of nitrogens with zero attached hydrogens (tertiary/aromatic N) is 3. The van der Waals surface area contributed by atoms with E-state index in [1.54, 1.807) is 144 Å². The number of hydrogen-bond acceptors (Lipinski definition) is 10. The highest BCUT2D eigenvalue weighted by molar-refractivity contribution is 6.53. The zero-order valence-electron chi connectivity index (χ0n) is 45.3. The summed E-state index contributed by atoms with van der Waals surface area (Å²) >= 11 is 0. The molecule has 13 heteroatoms. The highest BCUT2D eigenvalue weighted by atomic mass is 35.5. The van der Waals surface area contributed by atoms with Crippen molar-refractivity contribution in [3.8, 4) is 28.7 Å². The second-order valence-corrected chi connectivity index (χ2v) is 19.8. The van der Waals surface area contributed by atoms with Crippen molar-refractivity contribution >= 4 is 69.9 Å². The second-order valence-electron chi connectivity index (χ2n) is 19.8. The molecular formula is C73H58ClN3O9. The van der Waals surface area contributed by atoms with Crippen LogP contribution in [0, 0.1) is 0 Å². The number of aromatic hydroxyl groups is 5. The van der Waals surface area contributed by atoms with Crippen LogP contribution in [0.4, 0.5) is 34.1 Å². The monoisotopic (exact) mass is 1160 g/mol. The first-order chi connectivity index (χ1) is 40.9. The van der Waals surface area contributed by atoms with Crippen molar-refractivity contribution in [2.45, 2.75) is 18.4 Å². The lowest BCUT2D eigenvalue weighted by Gasteiger charge is -2.40. The van der Waals surface area contributed by atoms with E-state index in [1.807, 2.05) is 157 Å². The Morgan fingerprint density at radius 1 is 0.302 bits per heavy atom. The van der Waals surface area contributed by atoms with Crippen LogP contribution < -0.4 is 14.7 Å². The van der Waals surface area contributed by atoms with Crippen LogP contribution in [0.25, 0.3) is 0 Å². The van der Waals surface area contributed by atoms with Gasteiger partial charge in [-0.2, -0.15) is 0 Å². The minimum atomic E-state index is -1.17. The van der Waals surface area contributed by atoms with E-state index in [2.05, 4.69) is 0 Å². The average molecular weight is 1160 g/mol. The maximum absolute atomic E-state index is 14.3. The number of carbonyl (C=O) groups is 4. The quantitative estimate of drug-likeness (QED) is 0.0965. The van der Waals surface area contributed by atoms with Gasteiger partial charge in [-0.05, 0) is 150 Å². The summed E-state index contributed by atoms with van der Waals surface area (Å²) in [5.74, 6) is -0.229. The van der Waals surface area contributed by atoms with E-state index < -0.39 is 22.6 Å². The Labute approximate surface area is 504 Å². The Hall–Kier alpha value is -11.2. The van der Waals surface area contributed by atoms with Gasteiger partial charge < -0.3 is 30.4 Å². The fourth-order valence-electron chi connectivity index (χ4n) is 11.1. The second kappa shape index (κ2) is 25.5. The summed E-state index contributed by atoms with van der Waals surface area (Å²) in [4.78, 5) is 57.3. The average Bonchev–Trinajstić information content (AvgIpc) is 1.58. The molecule has 11 aromatic carbocycles. The molecule has 0 saturated carbocycles. The van der Waals surface area contributed by atoms with Gasteiger partial charge in [0.2, 0.25) is 0 Å². The first-order valence-corrected chi connectivity index (χ1v) is 26.9. The highest BCUT2D eigenvalue weighted by Crippen LogP contribution is 2.55. The number of rotatable bonds is 7. The molecule has 0 spiro atoms. The summed E-state index contributed by atoms with van der Waals surface area (Å²) in [5, 5.41) is 48.1. The summed E-state index contributed by atoms with van der Waals surface area (Å²) in [6.45, 7) is 0. The minimum Gasteiger partial charge on any atom is -0.508 e. The molecule has 0 fully saturated rings. The molecule has 0 atom stereocenters. The van der Waals surface area contributed by atoms with Crippen molar-refractivity contribution in [3.63, 3.8) is 0 Å². The molecule has 0 saturated heterocycles. The van der Waals surface area contributed by atoms with Crippen LogP contribution in [-0.2, 0) is 20.5 Å². The number of Topliss-reactive ketones (excluding diaryl/α,β-unsaturated/α-hetero) is 2. The van der Waals surface area contributed by atoms with Crippen molar-refractivity contribution < 1.29 is 44.7 Å². The van der Waals surface area contributed by atoms with Gasteiger partial charge in [-0.15, -0.1) is 12.4 Å². The molecule has 0 radical (unpaired) electrons. The molecule has 0 bridgehead atoms. The number of halogens is 1. The first-order valence-electron chi connectivity index (χ1n) is 26.9. The van der Waals surface area contributed by atoms with Crippen LogP contribution >= 0.6 is 12.4 Å². The van der Waals surface area contributed by atoms with Gasteiger partial charge in [0.15, 0.2) is 11.3 Å². The van der Waals surface area contributed by atoms with Crippen molar-refractivity contribution in [2.75, 3.05) is 14.7 Å². The molecule has 3 aliphatic rings. The SMILES string of the molecule is C.Cl.O=C1C(=O)N(c2ccccc2)c2ccccc21.O=C1N(c2ccccc2)c2ccccc2C1(c1ccc(O)cc1)c1ccc(O)cc1.O=C1c2ccccc2N(c2ccccc2)C1(c1ccc(O)cc1)c1ccc(O)cc1.Oc1ccccc1. The van der Waals surface area contributed by atoms with Crippen LogP contribution in [0.5, 0.6) is 28.7 Å². The van der Waals surface area contributed by atoms with Crippen molar-refractivity contribution in [1.82, 2.24) is 0 Å². The van der Waals surface area contributed by atoms with E-state index in [0.29, 0.717) is 22.6 Å². The van der Waals surface area contributed by atoms with Gasteiger partial charge in [-0.1, -0.05) is 171 Å². The van der Waals surface area contributed by atoms with Gasteiger partial charge in [0.1, 0.15) is 34.2 Å². The Balaban J connectivity index is 0.000000148. The Kier molecular flexibility index (Phi) is 17.6. The van der Waals surface area contributed by atoms with Crippen LogP contribution in [-0.4, -0.2) is 48.9 Å². The fraction of sp³-hybridized carbons (Fsp3) is 0.0411. The molecule has 0 unspecified atom stereocenters. The number of ketones is 2. The topological polar surface area (TPSA) is 179 Å². The largest absolute Gasteiger partial charge is 0.508 e. The zero-order chi connectivity index (χ0) is 58.4. The van der Waals surface area contributed by atoms with E-state index >= 15 is 0 Å². The third-order valence-corrected chi connectivity index (χ3v) is 14.9. The van der Waals surface area contributed by atoms with Crippen LogP contribution in [0.15, 0.2) is 291 Å². The number of anilines is 6. The number of benzene rings is 11. The predicted octanol–water partition coefficient (Wildman–Crippen LogP) is 15.5. The standard InChI is InChI=1S/2C26H19NO3.C14H9NO2.C6H6O.CH4.ClH/c28-21-14-10-18(11-15-21)26(19-12-16-22(29)17-13-19)23-8-4-5-9-24(23)27(25(26)30)20-6-2-1-3-7-20;28-21-14-10-18(11-15-21)26(19-12-16-22(29)17-13-19)25(30)23-8-4-5-9-24(23)27(26)20-6-2-1-3-7-20;16-13-11-8-4-5-9-12(11)15(14(13)17)10-6-2-1-3-7-10;7-6-4-2-1-3-5-6;;/h2*1-17,28-29H;1-9H;1-5,7H;1H4;1H. The van der Waals surface area contributed by atoms with Gasteiger partial charge in [-0.3, -0.25) is 29.0 Å². The lowest BCUT2D eigenvalue weighted by molar-refractivity contribution is -0.120. The summed E-state index contributed by atoms with van der Waals surface area (Å²) in [6, 6.07) is 86.6. The number of phenolic OH excluding ortho intramolecular Hbond substituents is 5. The predicted molar refractivity (Wildman–Crippen MR) is 339 cm³/mol. The van der Waals surface area contributed by atoms with E-state index in [9.17, 15) is 39.6 Å². The lowest BCUT2D eigenvalue weighted by atomic mass is 9.70. The molecular weight excluding hydrogens is 1100 g/mol. The molecule has 426 valence electrons. The molecule has 14 rings (SSSR count). The Morgan fingerprint density at radius 3 is 1.08 bits per heavy atom. The minimum absolute atomic E-state index is 0. The number of carbonyl (C=O) groups excluding carboxylic acids is 4. The van der Waals surface area contributed by atoms with Crippen molar-refractivity contribution in [1.29, 1.82) is 0 Å². The van der Waals surface area contributed by atoms with Crippen LogP contribution in [0.1, 0.15) is 56.0 Å².